The van der Waals surface area contributed by atoms with Crippen LogP contribution in [0.1, 0.15) is 42.1 Å². The van der Waals surface area contributed by atoms with Crippen LogP contribution >= 0.6 is 0 Å². The number of piperidine rings is 1. The number of hydrogen-bond donors (Lipinski definition) is 1. The molecule has 1 heterocycles. The lowest BCUT2D eigenvalue weighted by atomic mass is 10.1. The van der Waals surface area contributed by atoms with Gasteiger partial charge in [0.25, 0.3) is 5.91 Å². The van der Waals surface area contributed by atoms with Crippen LogP contribution in [0.2, 0.25) is 0 Å². The molecule has 148 valence electrons. The zero-order chi connectivity index (χ0) is 20.0. The van der Waals surface area contributed by atoms with Crippen molar-refractivity contribution in [1.29, 1.82) is 0 Å². The molecule has 1 atom stereocenters. The first-order chi connectivity index (χ1) is 12.8. The van der Waals surface area contributed by atoms with Crippen molar-refractivity contribution in [2.45, 2.75) is 44.1 Å². The molecule has 1 aromatic rings. The van der Waals surface area contributed by atoms with Crippen molar-refractivity contribution in [3.8, 4) is 0 Å². The lowest BCUT2D eigenvalue weighted by Crippen LogP contribution is -2.36. The number of ether oxygens (including phenoxy) is 1. The molecule has 0 aliphatic carbocycles. The fourth-order valence-electron chi connectivity index (χ4n) is 2.85. The van der Waals surface area contributed by atoms with Crippen LogP contribution in [0.25, 0.3) is 0 Å². The van der Waals surface area contributed by atoms with E-state index in [9.17, 15) is 18.0 Å². The molecule has 0 saturated carbocycles. The Bertz CT molecular complexity index is 813. The second kappa shape index (κ2) is 9.14. The number of rotatable bonds is 7. The molecule has 1 unspecified atom stereocenters. The van der Waals surface area contributed by atoms with E-state index in [0.717, 1.165) is 19.3 Å². The summed E-state index contributed by atoms with van der Waals surface area (Å²) in [4.78, 5) is 24.3. The molecule has 0 aromatic heterocycles. The minimum atomic E-state index is -3.67. The van der Waals surface area contributed by atoms with E-state index in [1.807, 2.05) is 0 Å². The molecular weight excluding hydrogens is 368 g/mol. The highest BCUT2D eigenvalue weighted by molar-refractivity contribution is 7.89. The molecule has 0 radical (unpaired) electrons. The third kappa shape index (κ3) is 5.17. The minimum Gasteiger partial charge on any atom is -0.449 e. The predicted octanol–water partition coefficient (Wildman–Crippen LogP) is 2.02. The van der Waals surface area contributed by atoms with Crippen molar-refractivity contribution in [3.63, 3.8) is 0 Å². The maximum Gasteiger partial charge on any atom is 0.338 e. The van der Waals surface area contributed by atoms with Gasteiger partial charge in [0.2, 0.25) is 10.0 Å². The molecule has 7 nitrogen and oxygen atoms in total. The largest absolute Gasteiger partial charge is 0.449 e. The van der Waals surface area contributed by atoms with E-state index in [4.69, 9.17) is 4.74 Å². The summed E-state index contributed by atoms with van der Waals surface area (Å²) in [5.74, 6) is -1.19. The number of carbonyl (C=O) groups excluding carboxylic acids is 2. The monoisotopic (exact) mass is 394 g/mol. The Morgan fingerprint density at radius 3 is 2.59 bits per heavy atom. The van der Waals surface area contributed by atoms with E-state index in [1.165, 1.54) is 29.4 Å². The fraction of sp³-hybridized carbons (Fsp3) is 0.474. The van der Waals surface area contributed by atoms with Crippen molar-refractivity contribution < 1.29 is 22.7 Å². The van der Waals surface area contributed by atoms with Crippen LogP contribution in [0, 0.1) is 6.92 Å². The Balaban J connectivity index is 2.19. The van der Waals surface area contributed by atoms with Gasteiger partial charge in [-0.15, -0.1) is 6.58 Å². The van der Waals surface area contributed by atoms with Crippen molar-refractivity contribution in [2.24, 2.45) is 0 Å². The molecule has 8 heteroatoms. The van der Waals surface area contributed by atoms with E-state index in [-0.39, 0.29) is 17.0 Å². The quantitative estimate of drug-likeness (QED) is 0.564. The molecular formula is C19H26N2O5S. The highest BCUT2D eigenvalue weighted by Gasteiger charge is 2.28. The molecule has 0 bridgehead atoms. The number of sulfonamides is 1. The predicted molar refractivity (Wildman–Crippen MR) is 102 cm³/mol. The summed E-state index contributed by atoms with van der Waals surface area (Å²) in [5, 5.41) is 2.54. The van der Waals surface area contributed by atoms with Gasteiger partial charge in [0.05, 0.1) is 10.5 Å². The number of nitrogens with zero attached hydrogens (tertiary/aromatic N) is 1. The van der Waals surface area contributed by atoms with E-state index in [0.29, 0.717) is 18.7 Å². The number of carbonyl (C=O) groups is 2. The van der Waals surface area contributed by atoms with E-state index >= 15 is 0 Å². The minimum absolute atomic E-state index is 0.0968. The van der Waals surface area contributed by atoms with Crippen molar-refractivity contribution in [2.75, 3.05) is 19.6 Å². The first-order valence-corrected chi connectivity index (χ1v) is 10.4. The highest BCUT2D eigenvalue weighted by atomic mass is 32.2. The van der Waals surface area contributed by atoms with Crippen molar-refractivity contribution in [1.82, 2.24) is 9.62 Å². The lowest BCUT2D eigenvalue weighted by molar-refractivity contribution is -0.128. The van der Waals surface area contributed by atoms with Gasteiger partial charge in [0.1, 0.15) is 0 Å². The highest BCUT2D eigenvalue weighted by Crippen LogP contribution is 2.24. The Morgan fingerprint density at radius 1 is 1.30 bits per heavy atom. The number of benzene rings is 1. The molecule has 1 aliphatic heterocycles. The van der Waals surface area contributed by atoms with Gasteiger partial charge in [-0.3, -0.25) is 4.79 Å². The Labute approximate surface area is 160 Å². The second-order valence-electron chi connectivity index (χ2n) is 6.53. The molecule has 1 aliphatic rings. The van der Waals surface area contributed by atoms with Gasteiger partial charge in [-0.25, -0.2) is 13.2 Å². The number of amides is 1. The summed E-state index contributed by atoms with van der Waals surface area (Å²) < 4.78 is 32.5. The van der Waals surface area contributed by atoms with E-state index in [2.05, 4.69) is 11.9 Å². The van der Waals surface area contributed by atoms with Crippen LogP contribution in [0.3, 0.4) is 0 Å². The van der Waals surface area contributed by atoms with Crippen molar-refractivity contribution in [3.05, 3.63) is 42.0 Å². The van der Waals surface area contributed by atoms with Gasteiger partial charge in [-0.05, 0) is 44.4 Å². The molecule has 1 N–H and O–H groups in total. The van der Waals surface area contributed by atoms with Crippen LogP contribution < -0.4 is 5.32 Å². The number of esters is 1. The first-order valence-electron chi connectivity index (χ1n) is 8.97. The van der Waals surface area contributed by atoms with Gasteiger partial charge >= 0.3 is 5.97 Å². The smallest absolute Gasteiger partial charge is 0.338 e. The number of hydrogen-bond acceptors (Lipinski definition) is 5. The Morgan fingerprint density at radius 2 is 1.96 bits per heavy atom. The number of aryl methyl sites for hydroxylation is 1. The SMILES string of the molecule is C=CCNC(=O)C(C)OC(=O)c1ccc(C)c(S(=O)(=O)N2CCCCC2)c1. The summed E-state index contributed by atoms with van der Waals surface area (Å²) >= 11 is 0. The van der Waals surface area contributed by atoms with Crippen LogP contribution in [0.4, 0.5) is 0 Å². The summed E-state index contributed by atoms with van der Waals surface area (Å²) in [6, 6.07) is 4.41. The second-order valence-corrected chi connectivity index (χ2v) is 8.43. The zero-order valence-corrected chi connectivity index (χ0v) is 16.5. The van der Waals surface area contributed by atoms with Gasteiger partial charge < -0.3 is 10.1 Å². The topological polar surface area (TPSA) is 92.8 Å². The Hall–Kier alpha value is -2.19. The summed E-state index contributed by atoms with van der Waals surface area (Å²) in [5.41, 5.74) is 0.661. The third-order valence-electron chi connectivity index (χ3n) is 4.43. The average molecular weight is 394 g/mol. The third-order valence-corrected chi connectivity index (χ3v) is 6.47. The van der Waals surface area contributed by atoms with Gasteiger partial charge in [-0.2, -0.15) is 4.31 Å². The molecule has 27 heavy (non-hydrogen) atoms. The molecule has 2 rings (SSSR count). The summed E-state index contributed by atoms with van der Waals surface area (Å²) in [6.07, 6.45) is 3.20. The van der Waals surface area contributed by atoms with Gasteiger partial charge in [0, 0.05) is 19.6 Å². The molecule has 1 aromatic carbocycles. The van der Waals surface area contributed by atoms with Crippen LogP contribution in [0.5, 0.6) is 0 Å². The van der Waals surface area contributed by atoms with Gasteiger partial charge in [0.15, 0.2) is 6.10 Å². The van der Waals surface area contributed by atoms with Crippen LogP contribution in [-0.4, -0.2) is 50.3 Å². The number of nitrogens with one attached hydrogen (secondary N) is 1. The van der Waals surface area contributed by atoms with Crippen LogP contribution in [0.15, 0.2) is 35.7 Å². The van der Waals surface area contributed by atoms with Gasteiger partial charge in [-0.1, -0.05) is 18.6 Å². The van der Waals surface area contributed by atoms with E-state index < -0.39 is 28.0 Å². The summed E-state index contributed by atoms with van der Waals surface area (Å²) in [6.45, 7) is 7.88. The fourth-order valence-corrected chi connectivity index (χ4v) is 4.62. The normalized spacial score (nSPS) is 16.4. The molecule has 1 saturated heterocycles. The zero-order valence-electron chi connectivity index (χ0n) is 15.7. The van der Waals surface area contributed by atoms with Crippen molar-refractivity contribution >= 4 is 21.9 Å². The maximum absolute atomic E-state index is 12.9. The molecule has 1 fully saturated rings. The molecule has 0 spiro atoms. The first kappa shape index (κ1) is 21.1. The summed E-state index contributed by atoms with van der Waals surface area (Å²) in [7, 11) is -3.67. The molecule has 1 amide bonds. The maximum atomic E-state index is 12.9. The average Bonchev–Trinajstić information content (AvgIpc) is 2.66. The van der Waals surface area contributed by atoms with E-state index in [1.54, 1.807) is 13.0 Å². The lowest BCUT2D eigenvalue weighted by Gasteiger charge is -2.26. The standard InChI is InChI=1S/C19H26N2O5S/c1-4-10-20-18(22)15(3)26-19(23)16-9-8-14(2)17(13-16)27(24,25)21-11-6-5-7-12-21/h4,8-9,13,15H,1,5-7,10-12H2,2-3H3,(H,20,22). The Kier molecular flexibility index (Phi) is 7.15. The van der Waals surface area contributed by atoms with Crippen LogP contribution in [-0.2, 0) is 19.6 Å².